The molecule has 5 rings (SSSR count). The number of ether oxygens (including phenoxy) is 1. The zero-order valence-corrected chi connectivity index (χ0v) is 24.9. The second kappa shape index (κ2) is 13.8. The van der Waals surface area contributed by atoms with Crippen molar-refractivity contribution < 1.29 is 23.9 Å². The molecule has 0 saturated heterocycles. The standard InChI is InChI=1S/C36H35N3O5/c1-3-44-34(41)17-10-23-38-31-15-8-9-16-32(31)39(24-22-33(38)40)36(43)26-18-20-27(21-19-26)37-35(42)30-14-7-6-13-29(30)28-12-5-4-11-25(28)2/h4-9,11-16,18-21H,3,10,17,22-24H2,1-2H3,(H,37,42). The molecule has 0 aromatic heterocycles. The number of carbonyl (C=O) groups is 4. The van der Waals surface area contributed by atoms with Crippen LogP contribution in [0.15, 0.2) is 97.1 Å². The molecule has 3 amide bonds. The van der Waals surface area contributed by atoms with E-state index >= 15 is 0 Å². The Labute approximate surface area is 257 Å². The summed E-state index contributed by atoms with van der Waals surface area (Å²) in [6.07, 6.45) is 0.812. The fraction of sp³-hybridized carbons (Fsp3) is 0.222. The number of hydrogen-bond donors (Lipinski definition) is 1. The van der Waals surface area contributed by atoms with Gasteiger partial charge in [-0.2, -0.15) is 0 Å². The van der Waals surface area contributed by atoms with Crippen molar-refractivity contribution >= 4 is 40.8 Å². The third-order valence-corrected chi connectivity index (χ3v) is 7.62. The Morgan fingerprint density at radius 2 is 1.48 bits per heavy atom. The van der Waals surface area contributed by atoms with Crippen LogP contribution in [-0.4, -0.2) is 43.4 Å². The van der Waals surface area contributed by atoms with E-state index in [1.807, 2.05) is 73.7 Å². The smallest absolute Gasteiger partial charge is 0.305 e. The third kappa shape index (κ3) is 6.70. The third-order valence-electron chi connectivity index (χ3n) is 7.62. The van der Waals surface area contributed by atoms with Crippen LogP contribution in [0.3, 0.4) is 0 Å². The Bertz CT molecular complexity index is 1680. The molecular weight excluding hydrogens is 554 g/mol. The minimum atomic E-state index is -0.296. The van der Waals surface area contributed by atoms with Gasteiger partial charge in [-0.1, -0.05) is 54.6 Å². The van der Waals surface area contributed by atoms with Crippen LogP contribution in [0.1, 0.15) is 52.5 Å². The van der Waals surface area contributed by atoms with Crippen molar-refractivity contribution in [1.82, 2.24) is 0 Å². The largest absolute Gasteiger partial charge is 0.466 e. The average molecular weight is 590 g/mol. The first-order valence-corrected chi connectivity index (χ1v) is 14.8. The normalized spacial score (nSPS) is 12.7. The number of benzene rings is 4. The number of esters is 1. The van der Waals surface area contributed by atoms with Crippen molar-refractivity contribution in [3.63, 3.8) is 0 Å². The molecule has 224 valence electrons. The lowest BCUT2D eigenvalue weighted by Crippen LogP contribution is -2.32. The maximum atomic E-state index is 13.7. The van der Waals surface area contributed by atoms with Gasteiger partial charge < -0.3 is 19.9 Å². The predicted octanol–water partition coefficient (Wildman–Crippen LogP) is 6.64. The summed E-state index contributed by atoms with van der Waals surface area (Å²) >= 11 is 0. The molecule has 1 aliphatic rings. The highest BCUT2D eigenvalue weighted by Crippen LogP contribution is 2.34. The highest BCUT2D eigenvalue weighted by Gasteiger charge is 2.29. The van der Waals surface area contributed by atoms with Gasteiger partial charge in [0.25, 0.3) is 11.8 Å². The van der Waals surface area contributed by atoms with E-state index in [0.717, 1.165) is 16.7 Å². The summed E-state index contributed by atoms with van der Waals surface area (Å²) in [6, 6.07) is 29.5. The highest BCUT2D eigenvalue weighted by molar-refractivity contribution is 6.12. The molecule has 0 bridgehead atoms. The molecule has 0 saturated carbocycles. The van der Waals surface area contributed by atoms with Crippen LogP contribution in [-0.2, 0) is 14.3 Å². The molecule has 0 radical (unpaired) electrons. The second-order valence-electron chi connectivity index (χ2n) is 10.5. The maximum Gasteiger partial charge on any atom is 0.305 e. The van der Waals surface area contributed by atoms with E-state index in [9.17, 15) is 19.2 Å². The molecule has 1 heterocycles. The van der Waals surface area contributed by atoms with E-state index < -0.39 is 0 Å². The summed E-state index contributed by atoms with van der Waals surface area (Å²) in [6.45, 7) is 4.66. The lowest BCUT2D eigenvalue weighted by molar-refractivity contribution is -0.143. The van der Waals surface area contributed by atoms with Crippen LogP contribution < -0.4 is 15.1 Å². The summed E-state index contributed by atoms with van der Waals surface area (Å²) in [5.41, 5.74) is 5.72. The minimum absolute atomic E-state index is 0.111. The van der Waals surface area contributed by atoms with E-state index in [-0.39, 0.29) is 43.1 Å². The van der Waals surface area contributed by atoms with E-state index in [1.54, 1.807) is 47.1 Å². The number of nitrogens with zero attached hydrogens (tertiary/aromatic N) is 2. The molecule has 4 aromatic rings. The van der Waals surface area contributed by atoms with Crippen molar-refractivity contribution in [2.45, 2.75) is 33.1 Å². The SMILES string of the molecule is CCOC(=O)CCCN1C(=O)CCN(C(=O)c2ccc(NC(=O)c3ccccc3-c3ccccc3C)cc2)c2ccccc21. The van der Waals surface area contributed by atoms with Crippen molar-refractivity contribution in [2.24, 2.45) is 0 Å². The Balaban J connectivity index is 1.31. The first kappa shape index (κ1) is 30.2. The Morgan fingerprint density at radius 3 is 2.20 bits per heavy atom. The lowest BCUT2D eigenvalue weighted by Gasteiger charge is -2.25. The van der Waals surface area contributed by atoms with Gasteiger partial charge in [-0.05, 0) is 79.4 Å². The topological polar surface area (TPSA) is 96.0 Å². The molecule has 1 aliphatic heterocycles. The number of rotatable bonds is 9. The van der Waals surface area contributed by atoms with E-state index in [2.05, 4.69) is 5.32 Å². The van der Waals surface area contributed by atoms with E-state index in [4.69, 9.17) is 4.74 Å². The molecule has 44 heavy (non-hydrogen) atoms. The molecule has 8 nitrogen and oxygen atoms in total. The van der Waals surface area contributed by atoms with Gasteiger partial charge in [-0.25, -0.2) is 0 Å². The van der Waals surface area contributed by atoms with Crippen molar-refractivity contribution in [1.29, 1.82) is 0 Å². The van der Waals surface area contributed by atoms with Gasteiger partial charge in [0.2, 0.25) is 5.91 Å². The molecular formula is C36H35N3O5. The molecule has 0 fully saturated rings. The van der Waals surface area contributed by atoms with E-state index in [1.165, 1.54) is 0 Å². The minimum Gasteiger partial charge on any atom is -0.466 e. The molecule has 4 aromatic carbocycles. The van der Waals surface area contributed by atoms with Crippen LogP contribution >= 0.6 is 0 Å². The quantitative estimate of drug-likeness (QED) is 0.221. The van der Waals surface area contributed by atoms with Gasteiger partial charge in [0, 0.05) is 42.7 Å². The second-order valence-corrected chi connectivity index (χ2v) is 10.5. The first-order valence-electron chi connectivity index (χ1n) is 14.8. The molecule has 0 atom stereocenters. The van der Waals surface area contributed by atoms with E-state index in [0.29, 0.717) is 47.8 Å². The number of amides is 3. The Kier molecular flexibility index (Phi) is 9.49. The zero-order chi connectivity index (χ0) is 31.1. The fourth-order valence-electron chi connectivity index (χ4n) is 5.43. The van der Waals surface area contributed by atoms with Crippen LogP contribution in [0.4, 0.5) is 17.1 Å². The predicted molar refractivity (Wildman–Crippen MR) is 172 cm³/mol. The van der Waals surface area contributed by atoms with Gasteiger partial charge >= 0.3 is 5.97 Å². The summed E-state index contributed by atoms with van der Waals surface area (Å²) < 4.78 is 5.01. The molecule has 1 N–H and O–H groups in total. The number of fused-ring (bicyclic) bond motifs is 1. The highest BCUT2D eigenvalue weighted by atomic mass is 16.5. The zero-order valence-electron chi connectivity index (χ0n) is 24.9. The van der Waals surface area contributed by atoms with Crippen molar-refractivity contribution in [2.75, 3.05) is 34.8 Å². The number of nitrogens with one attached hydrogen (secondary N) is 1. The maximum absolute atomic E-state index is 13.7. The molecule has 0 aliphatic carbocycles. The number of aryl methyl sites for hydroxylation is 1. The van der Waals surface area contributed by atoms with Crippen LogP contribution in [0.25, 0.3) is 11.1 Å². The van der Waals surface area contributed by atoms with Crippen LogP contribution in [0, 0.1) is 6.92 Å². The van der Waals surface area contributed by atoms with Crippen LogP contribution in [0.2, 0.25) is 0 Å². The Hall–Kier alpha value is -5.24. The molecule has 8 heteroatoms. The van der Waals surface area contributed by atoms with Gasteiger partial charge in [-0.15, -0.1) is 0 Å². The summed E-state index contributed by atoms with van der Waals surface area (Å²) in [5, 5.41) is 2.96. The summed E-state index contributed by atoms with van der Waals surface area (Å²) in [5.74, 6) is -0.900. The van der Waals surface area contributed by atoms with Gasteiger partial charge in [0.1, 0.15) is 0 Å². The summed E-state index contributed by atoms with van der Waals surface area (Å²) in [4.78, 5) is 55.3. The summed E-state index contributed by atoms with van der Waals surface area (Å²) in [7, 11) is 0. The monoisotopic (exact) mass is 589 g/mol. The van der Waals surface area contributed by atoms with Crippen molar-refractivity contribution in [3.8, 4) is 11.1 Å². The van der Waals surface area contributed by atoms with Gasteiger partial charge in [-0.3, -0.25) is 19.2 Å². The average Bonchev–Trinajstić information content (AvgIpc) is 3.17. The number of hydrogen-bond acceptors (Lipinski definition) is 5. The molecule has 0 unspecified atom stereocenters. The number of para-hydroxylation sites is 2. The van der Waals surface area contributed by atoms with Gasteiger partial charge in [0.15, 0.2) is 0 Å². The Morgan fingerprint density at radius 1 is 0.818 bits per heavy atom. The van der Waals surface area contributed by atoms with Crippen molar-refractivity contribution in [3.05, 3.63) is 114 Å². The van der Waals surface area contributed by atoms with Crippen LogP contribution in [0.5, 0.6) is 0 Å². The first-order chi connectivity index (χ1) is 21.4. The lowest BCUT2D eigenvalue weighted by atomic mass is 9.95. The fourth-order valence-corrected chi connectivity index (χ4v) is 5.43. The van der Waals surface area contributed by atoms with Gasteiger partial charge in [0.05, 0.1) is 18.0 Å². The number of carbonyl (C=O) groups excluding carboxylic acids is 4. The number of anilines is 3. The molecule has 0 spiro atoms.